The Morgan fingerprint density at radius 1 is 1.11 bits per heavy atom. The summed E-state index contributed by atoms with van der Waals surface area (Å²) >= 11 is 0. The summed E-state index contributed by atoms with van der Waals surface area (Å²) in [4.78, 5) is 24.6. The summed E-state index contributed by atoms with van der Waals surface area (Å²) in [5, 5.41) is 1.62. The number of aryl methyl sites for hydroxylation is 3. The zero-order valence-electron chi connectivity index (χ0n) is 15.4. The van der Waals surface area contributed by atoms with Gasteiger partial charge in [-0.25, -0.2) is 9.59 Å². The highest BCUT2D eigenvalue weighted by Crippen LogP contribution is 2.25. The number of esters is 1. The zero-order valence-corrected chi connectivity index (χ0v) is 15.4. The predicted octanol–water partition coefficient (Wildman–Crippen LogP) is 4.26. The van der Waals surface area contributed by atoms with E-state index in [0.717, 1.165) is 27.4 Å². The minimum absolute atomic E-state index is 0.00660. The zero-order chi connectivity index (χ0) is 19.1. The van der Waals surface area contributed by atoms with Crippen molar-refractivity contribution < 1.29 is 13.9 Å². The van der Waals surface area contributed by atoms with Gasteiger partial charge in [0.15, 0.2) is 0 Å². The van der Waals surface area contributed by atoms with E-state index >= 15 is 0 Å². The molecule has 0 radical (unpaired) electrons. The minimum atomic E-state index is -0.451. The predicted molar refractivity (Wildman–Crippen MR) is 104 cm³/mol. The molecular formula is C22H19NO4. The molecule has 0 saturated carbocycles. The van der Waals surface area contributed by atoms with Crippen molar-refractivity contribution >= 4 is 27.8 Å². The van der Waals surface area contributed by atoms with E-state index in [9.17, 15) is 9.59 Å². The fourth-order valence-corrected chi connectivity index (χ4v) is 3.37. The molecule has 0 unspecified atom stereocenters. The molecule has 0 aliphatic carbocycles. The van der Waals surface area contributed by atoms with Gasteiger partial charge < -0.3 is 13.7 Å². The van der Waals surface area contributed by atoms with E-state index in [1.54, 1.807) is 6.20 Å². The lowest BCUT2D eigenvalue weighted by Crippen LogP contribution is -2.08. The van der Waals surface area contributed by atoms with Crippen LogP contribution < -0.4 is 5.63 Å². The topological polar surface area (TPSA) is 61.4 Å². The molecule has 0 spiro atoms. The van der Waals surface area contributed by atoms with Crippen molar-refractivity contribution in [3.63, 3.8) is 0 Å². The van der Waals surface area contributed by atoms with Gasteiger partial charge in [-0.15, -0.1) is 0 Å². The van der Waals surface area contributed by atoms with E-state index in [1.807, 2.05) is 61.9 Å². The lowest BCUT2D eigenvalue weighted by molar-refractivity contribution is 0.0476. The minimum Gasteiger partial charge on any atom is -0.457 e. The van der Waals surface area contributed by atoms with E-state index in [1.165, 1.54) is 6.07 Å². The van der Waals surface area contributed by atoms with Crippen LogP contribution in [0.3, 0.4) is 0 Å². The Morgan fingerprint density at radius 3 is 2.70 bits per heavy atom. The monoisotopic (exact) mass is 361 g/mol. The van der Waals surface area contributed by atoms with E-state index in [2.05, 4.69) is 0 Å². The number of fused-ring (bicyclic) bond motifs is 2. The summed E-state index contributed by atoms with van der Waals surface area (Å²) in [6, 6.07) is 12.9. The average molecular weight is 361 g/mol. The van der Waals surface area contributed by atoms with Gasteiger partial charge in [0.05, 0.1) is 5.56 Å². The highest BCUT2D eigenvalue weighted by Gasteiger charge is 2.16. The molecule has 2 aromatic carbocycles. The summed E-state index contributed by atoms with van der Waals surface area (Å²) in [5.74, 6) is -0.419. The molecule has 0 aliphatic rings. The van der Waals surface area contributed by atoms with Gasteiger partial charge in [-0.2, -0.15) is 0 Å². The number of hydrogen-bond acceptors (Lipinski definition) is 4. The second-order valence-corrected chi connectivity index (χ2v) is 6.72. The molecule has 0 amide bonds. The number of rotatable bonds is 3. The van der Waals surface area contributed by atoms with Gasteiger partial charge in [0.1, 0.15) is 12.2 Å². The number of benzene rings is 2. The van der Waals surface area contributed by atoms with Gasteiger partial charge >= 0.3 is 11.6 Å². The number of aromatic nitrogens is 1. The van der Waals surface area contributed by atoms with Gasteiger partial charge in [-0.1, -0.05) is 30.3 Å². The highest BCUT2D eigenvalue weighted by atomic mass is 16.5. The van der Waals surface area contributed by atoms with Gasteiger partial charge in [0.25, 0.3) is 0 Å². The first-order valence-electron chi connectivity index (χ1n) is 8.70. The first-order valence-corrected chi connectivity index (χ1v) is 8.70. The molecule has 0 atom stereocenters. The molecule has 0 aliphatic heterocycles. The highest BCUT2D eigenvalue weighted by molar-refractivity contribution is 6.04. The molecule has 0 saturated heterocycles. The normalized spacial score (nSPS) is 11.2. The Kier molecular flexibility index (Phi) is 4.07. The van der Waals surface area contributed by atoms with Crippen LogP contribution >= 0.6 is 0 Å². The molecule has 5 heteroatoms. The smallest absolute Gasteiger partial charge is 0.340 e. The second kappa shape index (κ2) is 6.43. The van der Waals surface area contributed by atoms with Crippen LogP contribution in [-0.4, -0.2) is 10.5 Å². The summed E-state index contributed by atoms with van der Waals surface area (Å²) in [7, 11) is 1.89. The first kappa shape index (κ1) is 17.1. The standard InChI is InChI=1S/C22H19NO4/c1-13-8-9-16-15(10-20(24)27-21(16)14(13)2)12-26-22(25)18-11-23(3)19-7-5-4-6-17(18)19/h4-11H,12H2,1-3H3. The third-order valence-electron chi connectivity index (χ3n) is 4.99. The number of ether oxygens (including phenoxy) is 1. The lowest BCUT2D eigenvalue weighted by atomic mass is 10.0. The van der Waals surface area contributed by atoms with Crippen LogP contribution in [0.1, 0.15) is 27.0 Å². The van der Waals surface area contributed by atoms with Gasteiger partial charge in [-0.05, 0) is 31.0 Å². The Hall–Kier alpha value is -3.34. The van der Waals surface area contributed by atoms with E-state index in [0.29, 0.717) is 16.7 Å². The molecular weight excluding hydrogens is 342 g/mol. The van der Waals surface area contributed by atoms with Crippen LogP contribution in [0, 0.1) is 13.8 Å². The Labute approximate surface area is 155 Å². The summed E-state index contributed by atoms with van der Waals surface area (Å²) in [5.41, 5.74) is 4.14. The molecule has 4 aromatic rings. The van der Waals surface area contributed by atoms with Gasteiger partial charge in [-0.3, -0.25) is 0 Å². The van der Waals surface area contributed by atoms with Gasteiger partial charge in [0, 0.05) is 41.2 Å². The Balaban J connectivity index is 1.68. The second-order valence-electron chi connectivity index (χ2n) is 6.72. The quantitative estimate of drug-likeness (QED) is 0.404. The maximum Gasteiger partial charge on any atom is 0.340 e. The van der Waals surface area contributed by atoms with Crippen molar-refractivity contribution in [1.29, 1.82) is 0 Å². The number of nitrogens with zero attached hydrogens (tertiary/aromatic N) is 1. The number of carbonyl (C=O) groups is 1. The molecule has 4 rings (SSSR count). The SMILES string of the molecule is Cc1ccc2c(COC(=O)c3cn(C)c4ccccc34)cc(=O)oc2c1C. The molecule has 0 bridgehead atoms. The van der Waals surface area contributed by atoms with Crippen molar-refractivity contribution in [2.75, 3.05) is 0 Å². The molecule has 27 heavy (non-hydrogen) atoms. The fourth-order valence-electron chi connectivity index (χ4n) is 3.37. The van der Waals surface area contributed by atoms with Crippen LogP contribution in [0.25, 0.3) is 21.9 Å². The van der Waals surface area contributed by atoms with E-state index in [4.69, 9.17) is 9.15 Å². The molecule has 2 heterocycles. The Bertz CT molecular complexity index is 1250. The molecule has 2 aromatic heterocycles. The number of hydrogen-bond donors (Lipinski definition) is 0. The average Bonchev–Trinajstić information content (AvgIpc) is 3.00. The van der Waals surface area contributed by atoms with Crippen molar-refractivity contribution in [1.82, 2.24) is 4.57 Å². The lowest BCUT2D eigenvalue weighted by Gasteiger charge is -2.09. The van der Waals surface area contributed by atoms with Crippen molar-refractivity contribution in [3.05, 3.63) is 81.3 Å². The summed E-state index contributed by atoms with van der Waals surface area (Å²) in [6.07, 6.45) is 1.76. The maximum absolute atomic E-state index is 12.7. The molecule has 136 valence electrons. The third kappa shape index (κ3) is 2.91. The van der Waals surface area contributed by atoms with Crippen molar-refractivity contribution in [2.24, 2.45) is 7.05 Å². The Morgan fingerprint density at radius 2 is 1.89 bits per heavy atom. The maximum atomic E-state index is 12.7. The van der Waals surface area contributed by atoms with Crippen molar-refractivity contribution in [3.8, 4) is 0 Å². The summed E-state index contributed by atoms with van der Waals surface area (Å²) in [6.45, 7) is 3.88. The number of carbonyl (C=O) groups excluding carboxylic acids is 1. The third-order valence-corrected chi connectivity index (χ3v) is 4.99. The van der Waals surface area contributed by atoms with Crippen LogP contribution in [-0.2, 0) is 18.4 Å². The van der Waals surface area contributed by atoms with Gasteiger partial charge in [0.2, 0.25) is 0 Å². The van der Waals surface area contributed by atoms with E-state index < -0.39 is 11.6 Å². The molecule has 5 nitrogen and oxygen atoms in total. The fraction of sp³-hybridized carbons (Fsp3) is 0.182. The van der Waals surface area contributed by atoms with Crippen molar-refractivity contribution in [2.45, 2.75) is 20.5 Å². The molecule has 0 N–H and O–H groups in total. The van der Waals surface area contributed by atoms with Crippen LogP contribution in [0.15, 0.2) is 57.9 Å². The summed E-state index contributed by atoms with van der Waals surface area (Å²) < 4.78 is 12.8. The largest absolute Gasteiger partial charge is 0.457 e. The van der Waals surface area contributed by atoms with Crippen LogP contribution in [0.2, 0.25) is 0 Å². The first-order chi connectivity index (χ1) is 13.0. The van der Waals surface area contributed by atoms with E-state index in [-0.39, 0.29) is 6.61 Å². The van der Waals surface area contributed by atoms with Crippen LogP contribution in [0.4, 0.5) is 0 Å². The number of para-hydroxylation sites is 1. The molecule has 0 fully saturated rings. The van der Waals surface area contributed by atoms with Crippen LogP contribution in [0.5, 0.6) is 0 Å².